The number of ether oxygens (including phenoxy) is 1. The number of carbonyl (C=O) groups is 1. The molecule has 0 heterocycles. The Balaban J connectivity index is 1.77. The number of halogens is 2. The minimum atomic E-state index is -0.573. The zero-order valence-corrected chi connectivity index (χ0v) is 14.4. The van der Waals surface area contributed by atoms with Gasteiger partial charge in [0.2, 0.25) is 0 Å². The number of para-hydroxylation sites is 1. The van der Waals surface area contributed by atoms with Crippen molar-refractivity contribution in [3.8, 4) is 5.75 Å². The molecule has 1 N–H and O–H groups in total. The highest BCUT2D eigenvalue weighted by molar-refractivity contribution is 6.32. The van der Waals surface area contributed by atoms with Gasteiger partial charge in [-0.05, 0) is 49.1 Å². The van der Waals surface area contributed by atoms with Crippen molar-refractivity contribution < 1.29 is 13.9 Å². The predicted octanol–water partition coefficient (Wildman–Crippen LogP) is 4.39. The maximum Gasteiger partial charge on any atom is 0.261 e. The number of benzene rings is 2. The van der Waals surface area contributed by atoms with E-state index in [0.717, 1.165) is 18.4 Å². The van der Waals surface area contributed by atoms with E-state index in [2.05, 4.69) is 5.32 Å². The largest absolute Gasteiger partial charge is 0.479 e. The Labute approximate surface area is 146 Å². The van der Waals surface area contributed by atoms with E-state index >= 15 is 0 Å². The van der Waals surface area contributed by atoms with Gasteiger partial charge in [-0.3, -0.25) is 4.79 Å². The lowest BCUT2D eigenvalue weighted by Crippen LogP contribution is -2.38. The average molecular weight is 350 g/mol. The molecule has 1 atom stereocenters. The van der Waals surface area contributed by atoms with Gasteiger partial charge < -0.3 is 10.1 Å². The Bertz CT molecular complexity index is 661. The Morgan fingerprint density at radius 3 is 2.58 bits per heavy atom. The molecule has 0 aliphatic heterocycles. The minimum Gasteiger partial charge on any atom is -0.479 e. The van der Waals surface area contributed by atoms with Gasteiger partial charge in [0.25, 0.3) is 5.91 Å². The van der Waals surface area contributed by atoms with Crippen LogP contribution in [0.15, 0.2) is 48.5 Å². The van der Waals surface area contributed by atoms with Gasteiger partial charge in [-0.15, -0.1) is 0 Å². The standard InChI is InChI=1S/C19H21ClFNO2/c1-2-17(24-18-8-4-3-7-16(18)20)19(23)22-13-5-6-14-9-11-15(21)12-10-14/h3-4,7-12,17H,2,5-6,13H2,1H3,(H,22,23)/t17-/m0/s1. The molecule has 0 saturated carbocycles. The van der Waals surface area contributed by atoms with E-state index in [1.807, 2.05) is 19.1 Å². The number of hydrogen-bond donors (Lipinski definition) is 1. The van der Waals surface area contributed by atoms with Crippen LogP contribution in [-0.2, 0) is 11.2 Å². The molecule has 0 radical (unpaired) electrons. The fourth-order valence-corrected chi connectivity index (χ4v) is 2.47. The van der Waals surface area contributed by atoms with Crippen LogP contribution in [-0.4, -0.2) is 18.6 Å². The van der Waals surface area contributed by atoms with Crippen molar-refractivity contribution in [1.29, 1.82) is 0 Å². The monoisotopic (exact) mass is 349 g/mol. The molecule has 128 valence electrons. The molecule has 24 heavy (non-hydrogen) atoms. The fraction of sp³-hybridized carbons (Fsp3) is 0.316. The lowest BCUT2D eigenvalue weighted by atomic mass is 10.1. The molecule has 0 spiro atoms. The number of aryl methyl sites for hydroxylation is 1. The smallest absolute Gasteiger partial charge is 0.261 e. The number of carbonyl (C=O) groups excluding carboxylic acids is 1. The molecule has 0 unspecified atom stereocenters. The summed E-state index contributed by atoms with van der Waals surface area (Å²) in [4.78, 5) is 12.2. The maximum atomic E-state index is 12.8. The second-order valence-electron chi connectivity index (χ2n) is 5.47. The molecule has 2 aromatic rings. The summed E-state index contributed by atoms with van der Waals surface area (Å²) in [5.74, 6) is 0.110. The van der Waals surface area contributed by atoms with Crippen molar-refractivity contribution in [2.24, 2.45) is 0 Å². The van der Waals surface area contributed by atoms with Crippen molar-refractivity contribution in [1.82, 2.24) is 5.32 Å². The highest BCUT2D eigenvalue weighted by Crippen LogP contribution is 2.24. The van der Waals surface area contributed by atoms with Gasteiger partial charge in [-0.2, -0.15) is 0 Å². The second kappa shape index (κ2) is 9.28. The van der Waals surface area contributed by atoms with E-state index in [1.165, 1.54) is 12.1 Å². The van der Waals surface area contributed by atoms with Gasteiger partial charge in [-0.25, -0.2) is 4.39 Å². The number of nitrogens with one attached hydrogen (secondary N) is 1. The molecule has 3 nitrogen and oxygen atoms in total. The average Bonchev–Trinajstić information content (AvgIpc) is 2.59. The summed E-state index contributed by atoms with van der Waals surface area (Å²) in [6.45, 7) is 2.43. The molecule has 0 fully saturated rings. The summed E-state index contributed by atoms with van der Waals surface area (Å²) >= 11 is 6.05. The molecule has 0 saturated heterocycles. The number of hydrogen-bond acceptors (Lipinski definition) is 2. The molecule has 2 rings (SSSR count). The van der Waals surface area contributed by atoms with E-state index in [9.17, 15) is 9.18 Å². The predicted molar refractivity (Wildman–Crippen MR) is 93.9 cm³/mol. The van der Waals surface area contributed by atoms with E-state index in [4.69, 9.17) is 16.3 Å². The Kier molecular flexibility index (Phi) is 7.07. The molecular formula is C19H21ClFNO2. The van der Waals surface area contributed by atoms with Crippen LogP contribution in [0.3, 0.4) is 0 Å². The summed E-state index contributed by atoms with van der Waals surface area (Å²) in [5, 5.41) is 3.36. The number of rotatable bonds is 8. The van der Waals surface area contributed by atoms with Crippen molar-refractivity contribution in [3.05, 3.63) is 64.9 Å². The molecule has 5 heteroatoms. The van der Waals surface area contributed by atoms with Crippen molar-refractivity contribution in [2.75, 3.05) is 6.54 Å². The maximum absolute atomic E-state index is 12.8. The van der Waals surface area contributed by atoms with Crippen LogP contribution in [0, 0.1) is 5.82 Å². The zero-order valence-electron chi connectivity index (χ0n) is 13.6. The zero-order chi connectivity index (χ0) is 17.4. The molecule has 2 aromatic carbocycles. The van der Waals surface area contributed by atoms with Gasteiger partial charge in [0.05, 0.1) is 5.02 Å². The minimum absolute atomic E-state index is 0.156. The first-order chi connectivity index (χ1) is 11.6. The summed E-state index contributed by atoms with van der Waals surface area (Å²) < 4.78 is 18.5. The first-order valence-corrected chi connectivity index (χ1v) is 8.41. The third kappa shape index (κ3) is 5.53. The molecular weight excluding hydrogens is 329 g/mol. The van der Waals surface area contributed by atoms with Gasteiger partial charge in [-0.1, -0.05) is 42.8 Å². The van der Waals surface area contributed by atoms with Crippen LogP contribution in [0.1, 0.15) is 25.3 Å². The highest BCUT2D eigenvalue weighted by atomic mass is 35.5. The van der Waals surface area contributed by atoms with E-state index in [1.54, 1.807) is 24.3 Å². The van der Waals surface area contributed by atoms with Gasteiger partial charge in [0.1, 0.15) is 11.6 Å². The summed E-state index contributed by atoms with van der Waals surface area (Å²) in [5.41, 5.74) is 1.05. The van der Waals surface area contributed by atoms with Crippen molar-refractivity contribution >= 4 is 17.5 Å². The highest BCUT2D eigenvalue weighted by Gasteiger charge is 2.18. The second-order valence-corrected chi connectivity index (χ2v) is 5.87. The Morgan fingerprint density at radius 1 is 1.21 bits per heavy atom. The van der Waals surface area contributed by atoms with Crippen LogP contribution in [0.25, 0.3) is 0 Å². The molecule has 1 amide bonds. The summed E-state index contributed by atoms with van der Waals surface area (Å²) in [6.07, 6.45) is 1.54. The molecule has 0 aliphatic carbocycles. The van der Waals surface area contributed by atoms with E-state index in [-0.39, 0.29) is 11.7 Å². The first-order valence-electron chi connectivity index (χ1n) is 8.03. The summed E-state index contributed by atoms with van der Waals surface area (Å²) in [6, 6.07) is 13.5. The van der Waals surface area contributed by atoms with Crippen LogP contribution in [0.2, 0.25) is 5.02 Å². The lowest BCUT2D eigenvalue weighted by Gasteiger charge is -2.18. The Hall–Kier alpha value is -2.07. The van der Waals surface area contributed by atoms with Crippen LogP contribution in [0.5, 0.6) is 5.75 Å². The van der Waals surface area contributed by atoms with Gasteiger partial charge in [0.15, 0.2) is 6.10 Å². The van der Waals surface area contributed by atoms with Crippen LogP contribution >= 0.6 is 11.6 Å². The topological polar surface area (TPSA) is 38.3 Å². The number of amides is 1. The Morgan fingerprint density at radius 2 is 1.92 bits per heavy atom. The first kappa shape index (κ1) is 18.3. The van der Waals surface area contributed by atoms with E-state index < -0.39 is 6.10 Å². The van der Waals surface area contributed by atoms with Gasteiger partial charge in [0, 0.05) is 6.54 Å². The van der Waals surface area contributed by atoms with Crippen LogP contribution in [0.4, 0.5) is 4.39 Å². The third-order valence-corrected chi connectivity index (χ3v) is 3.94. The van der Waals surface area contributed by atoms with Crippen molar-refractivity contribution in [3.63, 3.8) is 0 Å². The third-order valence-electron chi connectivity index (χ3n) is 3.62. The van der Waals surface area contributed by atoms with Crippen LogP contribution < -0.4 is 10.1 Å². The fourth-order valence-electron chi connectivity index (χ4n) is 2.28. The molecule has 0 aromatic heterocycles. The van der Waals surface area contributed by atoms with Gasteiger partial charge >= 0.3 is 0 Å². The SMILES string of the molecule is CC[C@H](Oc1ccccc1Cl)C(=O)NCCCc1ccc(F)cc1. The molecule has 0 bridgehead atoms. The van der Waals surface area contributed by atoms with Crippen molar-refractivity contribution in [2.45, 2.75) is 32.3 Å². The van der Waals surface area contributed by atoms with E-state index in [0.29, 0.717) is 23.7 Å². The molecule has 0 aliphatic rings. The lowest BCUT2D eigenvalue weighted by molar-refractivity contribution is -0.128. The summed E-state index contributed by atoms with van der Waals surface area (Å²) in [7, 11) is 0. The quantitative estimate of drug-likeness (QED) is 0.718. The normalized spacial score (nSPS) is 11.8.